The van der Waals surface area contributed by atoms with Gasteiger partial charge in [-0.15, -0.1) is 0 Å². The van der Waals surface area contributed by atoms with Crippen LogP contribution >= 0.6 is 11.6 Å². The zero-order chi connectivity index (χ0) is 24.0. The van der Waals surface area contributed by atoms with Gasteiger partial charge in [0, 0.05) is 22.4 Å². The highest BCUT2D eigenvalue weighted by molar-refractivity contribution is 6.30. The van der Waals surface area contributed by atoms with Crippen molar-refractivity contribution < 1.29 is 4.79 Å². The van der Waals surface area contributed by atoms with Crippen molar-refractivity contribution in [3.63, 3.8) is 0 Å². The third kappa shape index (κ3) is 6.27. The van der Waals surface area contributed by atoms with E-state index in [9.17, 15) is 4.79 Å². The number of aromatic nitrogens is 1. The molecule has 1 amide bonds. The maximum absolute atomic E-state index is 13.3. The van der Waals surface area contributed by atoms with Crippen molar-refractivity contribution in [2.45, 2.75) is 53.5 Å². The van der Waals surface area contributed by atoms with Gasteiger partial charge in [0.25, 0.3) is 5.91 Å². The molecule has 1 N–H and O–H groups in total. The van der Waals surface area contributed by atoms with E-state index in [1.165, 1.54) is 5.56 Å². The first kappa shape index (κ1) is 25.1. The number of rotatable bonds is 10. The summed E-state index contributed by atoms with van der Waals surface area (Å²) in [6.07, 6.45) is 2.03. The Morgan fingerprint density at radius 1 is 1.06 bits per heavy atom. The van der Waals surface area contributed by atoms with Crippen LogP contribution in [0.1, 0.15) is 55.2 Å². The average molecular weight is 466 g/mol. The number of halogens is 1. The van der Waals surface area contributed by atoms with E-state index in [-0.39, 0.29) is 11.9 Å². The number of nitrogens with one attached hydrogen (secondary N) is 1. The summed E-state index contributed by atoms with van der Waals surface area (Å²) in [5.41, 5.74) is 5.86. The number of hydrogen-bond donors (Lipinski definition) is 1. The van der Waals surface area contributed by atoms with Crippen molar-refractivity contribution in [2.75, 3.05) is 19.6 Å². The van der Waals surface area contributed by atoms with E-state index in [0.717, 1.165) is 55.1 Å². The van der Waals surface area contributed by atoms with Gasteiger partial charge in [0.05, 0.1) is 11.3 Å². The van der Waals surface area contributed by atoms with Gasteiger partial charge in [-0.2, -0.15) is 0 Å². The third-order valence-corrected chi connectivity index (χ3v) is 6.53. The molecule has 0 saturated carbocycles. The van der Waals surface area contributed by atoms with Crippen LogP contribution in [-0.4, -0.2) is 41.1 Å². The van der Waals surface area contributed by atoms with E-state index >= 15 is 0 Å². The number of nitrogens with zero attached hydrogens (tertiary/aromatic N) is 2. The second-order valence-corrected chi connectivity index (χ2v) is 9.19. The van der Waals surface area contributed by atoms with Gasteiger partial charge in [-0.3, -0.25) is 4.79 Å². The summed E-state index contributed by atoms with van der Waals surface area (Å²) in [4.78, 5) is 15.7. The lowest BCUT2D eigenvalue weighted by Crippen LogP contribution is -2.34. The minimum atomic E-state index is -0.0237. The summed E-state index contributed by atoms with van der Waals surface area (Å²) in [5.74, 6) is -0.0237. The van der Waals surface area contributed by atoms with E-state index in [4.69, 9.17) is 11.6 Å². The van der Waals surface area contributed by atoms with Crippen molar-refractivity contribution in [3.8, 4) is 16.9 Å². The zero-order valence-corrected chi connectivity index (χ0v) is 21.2. The smallest absolute Gasteiger partial charge is 0.253 e. The molecule has 0 aliphatic heterocycles. The molecule has 4 nitrogen and oxygen atoms in total. The Labute approximate surface area is 203 Å². The highest BCUT2D eigenvalue weighted by Crippen LogP contribution is 2.30. The molecule has 3 aromatic rings. The monoisotopic (exact) mass is 465 g/mol. The Morgan fingerprint density at radius 3 is 2.39 bits per heavy atom. The largest absolute Gasteiger partial charge is 0.350 e. The van der Waals surface area contributed by atoms with Crippen LogP contribution in [0.2, 0.25) is 5.02 Å². The van der Waals surface area contributed by atoms with Gasteiger partial charge in [0.15, 0.2) is 0 Å². The first-order valence-corrected chi connectivity index (χ1v) is 12.3. The molecule has 5 heteroatoms. The predicted molar refractivity (Wildman–Crippen MR) is 140 cm³/mol. The summed E-state index contributed by atoms with van der Waals surface area (Å²) < 4.78 is 2.16. The van der Waals surface area contributed by atoms with Crippen molar-refractivity contribution in [1.82, 2.24) is 14.8 Å². The van der Waals surface area contributed by atoms with Crippen LogP contribution in [-0.2, 0) is 0 Å². The van der Waals surface area contributed by atoms with E-state index < -0.39 is 0 Å². The lowest BCUT2D eigenvalue weighted by atomic mass is 10.1. The highest BCUT2D eigenvalue weighted by Gasteiger charge is 2.21. The standard InChI is InChI=1S/C28H36ClN3O/c1-6-31(7-2)17-9-11-21(4)30-28(33)26-19-27(23-13-15-24(29)16-14-23)32(22(26)5)25-12-8-10-20(3)18-25/h8,10,12-16,18-19,21H,6-7,9,11,17H2,1-5H3,(H,30,33). The van der Waals surface area contributed by atoms with Gasteiger partial charge < -0.3 is 14.8 Å². The molecule has 3 rings (SSSR count). The number of carbonyl (C=O) groups excluding carboxylic acids is 1. The molecule has 2 aromatic carbocycles. The second kappa shape index (κ2) is 11.5. The Hall–Kier alpha value is -2.56. The molecular weight excluding hydrogens is 430 g/mol. The fourth-order valence-corrected chi connectivity index (χ4v) is 4.43. The molecule has 0 fully saturated rings. The molecular formula is C28H36ClN3O. The predicted octanol–water partition coefficient (Wildman–Crippen LogP) is 6.65. The van der Waals surface area contributed by atoms with E-state index in [1.807, 2.05) is 43.3 Å². The van der Waals surface area contributed by atoms with Crippen LogP contribution in [0.3, 0.4) is 0 Å². The quantitative estimate of drug-likeness (QED) is 0.363. The summed E-state index contributed by atoms with van der Waals surface area (Å²) in [6.45, 7) is 13.8. The lowest BCUT2D eigenvalue weighted by molar-refractivity contribution is 0.0936. The molecule has 0 aliphatic carbocycles. The van der Waals surface area contributed by atoms with Crippen LogP contribution in [0, 0.1) is 13.8 Å². The van der Waals surface area contributed by atoms with Gasteiger partial charge in [0.2, 0.25) is 0 Å². The highest BCUT2D eigenvalue weighted by atomic mass is 35.5. The Morgan fingerprint density at radius 2 is 1.76 bits per heavy atom. The molecule has 1 unspecified atom stereocenters. The topological polar surface area (TPSA) is 37.3 Å². The van der Waals surface area contributed by atoms with E-state index in [1.54, 1.807) is 0 Å². The Kier molecular flexibility index (Phi) is 8.76. The Bertz CT molecular complexity index is 1070. The normalized spacial score (nSPS) is 12.2. The fourth-order valence-electron chi connectivity index (χ4n) is 4.30. The molecule has 0 spiro atoms. The van der Waals surface area contributed by atoms with Gasteiger partial charge in [-0.25, -0.2) is 0 Å². The third-order valence-electron chi connectivity index (χ3n) is 6.28. The van der Waals surface area contributed by atoms with Crippen LogP contribution in [0.5, 0.6) is 0 Å². The number of benzene rings is 2. The van der Waals surface area contributed by atoms with Gasteiger partial charge in [-0.1, -0.05) is 49.7 Å². The lowest BCUT2D eigenvalue weighted by Gasteiger charge is -2.19. The maximum Gasteiger partial charge on any atom is 0.253 e. The number of hydrogen-bond acceptors (Lipinski definition) is 2. The van der Waals surface area contributed by atoms with E-state index in [2.05, 4.69) is 60.7 Å². The van der Waals surface area contributed by atoms with E-state index in [0.29, 0.717) is 10.6 Å². The molecule has 176 valence electrons. The molecule has 0 aliphatic rings. The summed E-state index contributed by atoms with van der Waals surface area (Å²) in [6, 6.07) is 18.2. The van der Waals surface area contributed by atoms with Crippen molar-refractivity contribution in [2.24, 2.45) is 0 Å². The minimum Gasteiger partial charge on any atom is -0.350 e. The van der Waals surface area contributed by atoms with Crippen LogP contribution in [0.4, 0.5) is 0 Å². The SMILES string of the molecule is CCN(CC)CCCC(C)NC(=O)c1cc(-c2ccc(Cl)cc2)n(-c2cccc(C)c2)c1C. The minimum absolute atomic E-state index is 0.0237. The van der Waals surface area contributed by atoms with Gasteiger partial charge >= 0.3 is 0 Å². The summed E-state index contributed by atoms with van der Waals surface area (Å²) in [7, 11) is 0. The van der Waals surface area contributed by atoms with Crippen LogP contribution < -0.4 is 5.32 Å². The zero-order valence-electron chi connectivity index (χ0n) is 20.5. The average Bonchev–Trinajstić information content (AvgIpc) is 3.14. The number of carbonyl (C=O) groups is 1. The molecule has 0 bridgehead atoms. The van der Waals surface area contributed by atoms with Crippen LogP contribution in [0.25, 0.3) is 16.9 Å². The Balaban J connectivity index is 1.87. The summed E-state index contributed by atoms with van der Waals surface area (Å²) >= 11 is 6.13. The number of aryl methyl sites for hydroxylation is 1. The molecule has 33 heavy (non-hydrogen) atoms. The van der Waals surface area contributed by atoms with Crippen molar-refractivity contribution >= 4 is 17.5 Å². The van der Waals surface area contributed by atoms with Gasteiger partial charge in [-0.05, 0) is 94.7 Å². The van der Waals surface area contributed by atoms with Crippen LogP contribution in [0.15, 0.2) is 54.6 Å². The number of amides is 1. The van der Waals surface area contributed by atoms with Gasteiger partial charge in [0.1, 0.15) is 0 Å². The van der Waals surface area contributed by atoms with Crippen molar-refractivity contribution in [1.29, 1.82) is 0 Å². The molecule has 1 heterocycles. The first-order chi connectivity index (χ1) is 15.8. The molecule has 0 radical (unpaired) electrons. The second-order valence-electron chi connectivity index (χ2n) is 8.75. The maximum atomic E-state index is 13.3. The molecule has 1 atom stereocenters. The summed E-state index contributed by atoms with van der Waals surface area (Å²) in [5, 5.41) is 3.91. The first-order valence-electron chi connectivity index (χ1n) is 11.9. The fraction of sp³-hybridized carbons (Fsp3) is 0.393. The van der Waals surface area contributed by atoms with Crippen molar-refractivity contribution in [3.05, 3.63) is 76.4 Å². The molecule has 0 saturated heterocycles. The molecule has 1 aromatic heterocycles.